The van der Waals surface area contributed by atoms with E-state index in [0.29, 0.717) is 36.1 Å². The predicted molar refractivity (Wildman–Crippen MR) is 129 cm³/mol. The monoisotopic (exact) mass is 490 g/mol. The molecule has 0 radical (unpaired) electrons. The molecule has 0 heterocycles. The number of aliphatic hydroxyl groups excluding tert-OH is 1. The van der Waals surface area contributed by atoms with E-state index in [2.05, 4.69) is 12.1 Å². The smallest absolute Gasteiger partial charge is 0.320 e. The summed E-state index contributed by atoms with van der Waals surface area (Å²) in [5.41, 5.74) is 4.45. The van der Waals surface area contributed by atoms with Gasteiger partial charge < -0.3 is 9.84 Å². The van der Waals surface area contributed by atoms with Crippen LogP contribution < -0.4 is 4.74 Å². The van der Waals surface area contributed by atoms with Crippen molar-refractivity contribution in [1.29, 1.82) is 0 Å². The number of carbonyl (C=O) groups excluding carboxylic acids is 1. The van der Waals surface area contributed by atoms with Crippen molar-refractivity contribution in [3.8, 4) is 5.75 Å². The van der Waals surface area contributed by atoms with E-state index >= 15 is 0 Å². The second-order valence-electron chi connectivity index (χ2n) is 9.85. The third-order valence-corrected chi connectivity index (χ3v) is 9.04. The number of ether oxygens (including phenoxy) is 1. The van der Waals surface area contributed by atoms with Crippen molar-refractivity contribution >= 4 is 16.1 Å². The van der Waals surface area contributed by atoms with Crippen molar-refractivity contribution in [2.24, 2.45) is 5.41 Å². The predicted octanol–water partition coefficient (Wildman–Crippen LogP) is 4.38. The van der Waals surface area contributed by atoms with Gasteiger partial charge in [0.05, 0.1) is 11.5 Å². The first kappa shape index (κ1) is 22.5. The summed E-state index contributed by atoms with van der Waals surface area (Å²) in [6.45, 7) is -0.360. The lowest BCUT2D eigenvalue weighted by molar-refractivity contribution is -0.151. The average molecular weight is 491 g/mol. The van der Waals surface area contributed by atoms with Crippen LogP contribution in [-0.2, 0) is 27.8 Å². The van der Waals surface area contributed by atoms with Crippen LogP contribution in [0, 0.1) is 5.41 Å². The fourth-order valence-electron chi connectivity index (χ4n) is 6.58. The molecule has 180 valence electrons. The van der Waals surface area contributed by atoms with Crippen LogP contribution in [0.25, 0.3) is 0 Å². The summed E-state index contributed by atoms with van der Waals surface area (Å²) in [6, 6.07) is 18.9. The number of hydrogen-bond donors (Lipinski definition) is 2. The fourth-order valence-corrected chi connectivity index (χ4v) is 7.35. The molecule has 35 heavy (non-hydrogen) atoms. The van der Waals surface area contributed by atoms with E-state index in [1.165, 1.54) is 23.3 Å². The Labute approximate surface area is 204 Å². The van der Waals surface area contributed by atoms with Crippen molar-refractivity contribution in [1.82, 2.24) is 0 Å². The van der Waals surface area contributed by atoms with Crippen molar-refractivity contribution in [3.63, 3.8) is 0 Å². The molecule has 0 fully saturated rings. The summed E-state index contributed by atoms with van der Waals surface area (Å²) in [5.74, 6) is -0.562. The molecule has 1 unspecified atom stereocenters. The summed E-state index contributed by atoms with van der Waals surface area (Å²) < 4.78 is 39.5. The standard InChI is InChI=1S/C28H26O6S/c29-16-28(15-23-17-7-1-5-11-21(17)26(28)22-12-6-2-8-18(22)23)27(30)34-24-13-14-25(35(31,32)33)20-10-4-3-9-19(20)24/h1-2,5-8,11-14,23,26,29H,3-4,9-10,15-16H2,(H,31,32,33). The first-order chi connectivity index (χ1) is 16.8. The Kier molecular flexibility index (Phi) is 5.14. The SMILES string of the molecule is O=C(Oc1ccc(S(=O)(=O)O)c2c1CCCC2)C1(CO)CC2c3ccccc3C1c1ccccc12. The van der Waals surface area contributed by atoms with E-state index in [0.717, 1.165) is 24.0 Å². The van der Waals surface area contributed by atoms with E-state index in [1.54, 1.807) is 0 Å². The molecule has 7 rings (SSSR count). The second kappa shape index (κ2) is 8.01. The number of fused-ring (bicyclic) bond motifs is 2. The molecule has 2 bridgehead atoms. The van der Waals surface area contributed by atoms with Crippen LogP contribution in [0.15, 0.2) is 65.6 Å². The maximum atomic E-state index is 13.9. The molecule has 3 aromatic rings. The van der Waals surface area contributed by atoms with E-state index < -0.39 is 21.5 Å². The van der Waals surface area contributed by atoms with Crippen molar-refractivity contribution < 1.29 is 27.6 Å². The Morgan fingerprint density at radius 3 is 2.03 bits per heavy atom. The van der Waals surface area contributed by atoms with E-state index in [1.807, 2.05) is 36.4 Å². The van der Waals surface area contributed by atoms with Gasteiger partial charge in [0.15, 0.2) is 0 Å². The molecule has 0 spiro atoms. The Morgan fingerprint density at radius 2 is 1.46 bits per heavy atom. The van der Waals surface area contributed by atoms with Crippen LogP contribution in [0.4, 0.5) is 0 Å². The summed E-state index contributed by atoms with van der Waals surface area (Å²) >= 11 is 0. The first-order valence-corrected chi connectivity index (χ1v) is 13.4. The molecule has 0 aliphatic heterocycles. The van der Waals surface area contributed by atoms with Gasteiger partial charge in [-0.1, -0.05) is 48.5 Å². The third-order valence-electron chi connectivity index (χ3n) is 8.10. The Balaban J connectivity index is 1.45. The Morgan fingerprint density at radius 1 is 0.886 bits per heavy atom. The molecule has 0 saturated carbocycles. The largest absolute Gasteiger partial charge is 0.426 e. The van der Waals surface area contributed by atoms with Gasteiger partial charge in [0.1, 0.15) is 11.2 Å². The summed E-state index contributed by atoms with van der Waals surface area (Å²) in [6.07, 6.45) is 3.12. The minimum Gasteiger partial charge on any atom is -0.426 e. The maximum absolute atomic E-state index is 13.9. The third kappa shape index (κ3) is 3.29. The average Bonchev–Trinajstić information content (AvgIpc) is 2.88. The molecule has 7 heteroatoms. The summed E-state index contributed by atoms with van der Waals surface area (Å²) in [4.78, 5) is 13.8. The van der Waals surface area contributed by atoms with Crippen molar-refractivity contribution in [3.05, 3.63) is 94.0 Å². The highest BCUT2D eigenvalue weighted by Crippen LogP contribution is 2.61. The van der Waals surface area contributed by atoms with Gasteiger partial charge in [0.2, 0.25) is 0 Å². The highest BCUT2D eigenvalue weighted by Gasteiger charge is 2.57. The van der Waals surface area contributed by atoms with Gasteiger partial charge in [0, 0.05) is 11.8 Å². The lowest BCUT2D eigenvalue weighted by Gasteiger charge is -2.51. The number of rotatable bonds is 4. The zero-order valence-corrected chi connectivity index (χ0v) is 19.9. The molecule has 3 aromatic carbocycles. The maximum Gasteiger partial charge on any atom is 0.320 e. The minimum absolute atomic E-state index is 0.0251. The van der Waals surface area contributed by atoms with Crippen LogP contribution in [0.1, 0.15) is 64.5 Å². The molecular formula is C28H26O6S. The van der Waals surface area contributed by atoms with Gasteiger partial charge in [-0.05, 0) is 77.6 Å². The molecule has 0 aromatic heterocycles. The van der Waals surface area contributed by atoms with Gasteiger partial charge in [-0.15, -0.1) is 0 Å². The Hall–Kier alpha value is -3.00. The van der Waals surface area contributed by atoms with Gasteiger partial charge in [-0.3, -0.25) is 9.35 Å². The molecule has 0 amide bonds. The van der Waals surface area contributed by atoms with Crippen molar-refractivity contribution in [2.45, 2.75) is 48.8 Å². The van der Waals surface area contributed by atoms with E-state index in [-0.39, 0.29) is 23.3 Å². The van der Waals surface area contributed by atoms with Gasteiger partial charge in [-0.2, -0.15) is 8.42 Å². The zero-order valence-electron chi connectivity index (χ0n) is 19.1. The highest BCUT2D eigenvalue weighted by atomic mass is 32.2. The normalized spacial score (nSPS) is 24.3. The van der Waals surface area contributed by atoms with Crippen LogP contribution in [-0.4, -0.2) is 30.7 Å². The van der Waals surface area contributed by atoms with E-state index in [9.17, 15) is 22.9 Å². The number of benzene rings is 3. The topological polar surface area (TPSA) is 101 Å². The van der Waals surface area contributed by atoms with Gasteiger partial charge in [0.25, 0.3) is 10.1 Å². The zero-order chi connectivity index (χ0) is 24.4. The number of hydrogen-bond acceptors (Lipinski definition) is 5. The molecule has 2 N–H and O–H groups in total. The summed E-state index contributed by atoms with van der Waals surface area (Å²) in [7, 11) is -4.38. The lowest BCUT2D eigenvalue weighted by Crippen LogP contribution is -2.50. The number of aliphatic hydroxyl groups is 1. The fraction of sp³-hybridized carbons (Fsp3) is 0.321. The first-order valence-electron chi connectivity index (χ1n) is 12.0. The summed E-state index contributed by atoms with van der Waals surface area (Å²) in [5, 5.41) is 10.7. The minimum atomic E-state index is -4.38. The van der Waals surface area contributed by atoms with E-state index in [4.69, 9.17) is 4.74 Å². The number of carbonyl (C=O) groups is 1. The van der Waals surface area contributed by atoms with Crippen LogP contribution in [0.2, 0.25) is 0 Å². The quantitative estimate of drug-likeness (QED) is 0.320. The second-order valence-corrected chi connectivity index (χ2v) is 11.2. The lowest BCUT2D eigenvalue weighted by atomic mass is 9.52. The molecule has 0 saturated heterocycles. The molecule has 6 nitrogen and oxygen atoms in total. The molecule has 4 aliphatic rings. The highest BCUT2D eigenvalue weighted by molar-refractivity contribution is 7.85. The number of esters is 1. The molecule has 1 atom stereocenters. The van der Waals surface area contributed by atoms with Crippen LogP contribution >= 0.6 is 0 Å². The van der Waals surface area contributed by atoms with Crippen molar-refractivity contribution in [2.75, 3.05) is 6.61 Å². The Bertz CT molecular complexity index is 1410. The van der Waals surface area contributed by atoms with Crippen LogP contribution in [0.3, 0.4) is 0 Å². The molecular weight excluding hydrogens is 464 g/mol. The van der Waals surface area contributed by atoms with Crippen LogP contribution in [0.5, 0.6) is 5.75 Å². The van der Waals surface area contributed by atoms with Gasteiger partial charge >= 0.3 is 5.97 Å². The molecule has 4 aliphatic carbocycles. The van der Waals surface area contributed by atoms with Gasteiger partial charge in [-0.25, -0.2) is 0 Å².